The Kier molecular flexibility index (Phi) is 10.8. The number of nitrogens with zero attached hydrogens (tertiary/aromatic N) is 2. The molecule has 0 saturated heterocycles. The maximum absolute atomic E-state index is 4.50. The Morgan fingerprint density at radius 2 is 2.32 bits per heavy atom. The highest BCUT2D eigenvalue weighted by molar-refractivity contribution is 14.0. The number of aromatic nitrogens is 1. The number of nitrogens with one attached hydrogen (secondary N) is 2. The third kappa shape index (κ3) is 8.20. The number of hydrogen-bond donors (Lipinski definition) is 2. The third-order valence-corrected chi connectivity index (χ3v) is 3.27. The van der Waals surface area contributed by atoms with Crippen LogP contribution >= 0.6 is 35.3 Å². The van der Waals surface area contributed by atoms with Gasteiger partial charge in [0.2, 0.25) is 0 Å². The summed E-state index contributed by atoms with van der Waals surface area (Å²) in [4.78, 5) is 8.94. The van der Waals surface area contributed by atoms with Gasteiger partial charge in [0.1, 0.15) is 0 Å². The van der Waals surface area contributed by atoms with Crippen LogP contribution in [0.5, 0.6) is 0 Å². The molecule has 0 bridgehead atoms. The van der Waals surface area contributed by atoms with Crippen LogP contribution in [-0.2, 0) is 6.42 Å². The lowest BCUT2D eigenvalue weighted by molar-refractivity contribution is 0.797. The third-order valence-electron chi connectivity index (χ3n) is 2.24. The predicted molar refractivity (Wildman–Crippen MR) is 94.8 cm³/mol. The van der Waals surface area contributed by atoms with E-state index in [1.165, 1.54) is 5.01 Å². The van der Waals surface area contributed by atoms with Crippen LogP contribution in [0.3, 0.4) is 0 Å². The topological polar surface area (TPSA) is 49.3 Å². The summed E-state index contributed by atoms with van der Waals surface area (Å²) in [5.74, 6) is 0.854. The number of hydrogen-bond acceptors (Lipinski definition) is 3. The first-order valence-electron chi connectivity index (χ1n) is 6.30. The molecule has 0 saturated carbocycles. The fourth-order valence-corrected chi connectivity index (χ4v) is 2.27. The van der Waals surface area contributed by atoms with Crippen LogP contribution < -0.4 is 10.6 Å². The molecule has 0 unspecified atom stereocenters. The van der Waals surface area contributed by atoms with Crippen molar-refractivity contribution in [3.05, 3.63) is 28.7 Å². The number of aliphatic imine (C=N–C) groups is 1. The van der Waals surface area contributed by atoms with Crippen LogP contribution in [0, 0.1) is 6.92 Å². The van der Waals surface area contributed by atoms with Gasteiger partial charge >= 0.3 is 0 Å². The summed E-state index contributed by atoms with van der Waals surface area (Å²) in [6, 6.07) is 0. The minimum atomic E-state index is 0. The van der Waals surface area contributed by atoms with Crippen molar-refractivity contribution >= 4 is 41.3 Å². The lowest BCUT2D eigenvalue weighted by atomic mass is 10.3. The smallest absolute Gasteiger partial charge is 0.191 e. The van der Waals surface area contributed by atoms with Crippen molar-refractivity contribution in [2.45, 2.75) is 26.7 Å². The molecule has 6 heteroatoms. The molecule has 0 aliphatic heterocycles. The van der Waals surface area contributed by atoms with Gasteiger partial charge in [-0.25, -0.2) is 4.98 Å². The quantitative estimate of drug-likeness (QED) is 0.246. The van der Waals surface area contributed by atoms with Crippen LogP contribution in [0.25, 0.3) is 0 Å². The second-order valence-corrected chi connectivity index (χ2v) is 4.86. The van der Waals surface area contributed by atoms with E-state index in [0.717, 1.165) is 44.1 Å². The van der Waals surface area contributed by atoms with Gasteiger partial charge < -0.3 is 10.6 Å². The molecular weight excluding hydrogens is 371 g/mol. The van der Waals surface area contributed by atoms with Crippen LogP contribution in [0.15, 0.2) is 23.0 Å². The van der Waals surface area contributed by atoms with Crippen LogP contribution in [-0.4, -0.2) is 30.6 Å². The summed E-state index contributed by atoms with van der Waals surface area (Å²) >= 11 is 1.73. The van der Waals surface area contributed by atoms with Crippen molar-refractivity contribution in [3.63, 3.8) is 0 Å². The molecule has 1 aromatic heterocycles. The van der Waals surface area contributed by atoms with Gasteiger partial charge in [0.05, 0.1) is 5.01 Å². The van der Waals surface area contributed by atoms with Gasteiger partial charge in [0.25, 0.3) is 0 Å². The van der Waals surface area contributed by atoms with Crippen molar-refractivity contribution in [1.29, 1.82) is 0 Å². The molecule has 0 aliphatic carbocycles. The van der Waals surface area contributed by atoms with E-state index < -0.39 is 0 Å². The number of guanidine groups is 1. The van der Waals surface area contributed by atoms with Crippen molar-refractivity contribution < 1.29 is 0 Å². The Labute approximate surface area is 136 Å². The maximum Gasteiger partial charge on any atom is 0.191 e. The van der Waals surface area contributed by atoms with E-state index in [-0.39, 0.29) is 24.0 Å². The number of thiazole rings is 1. The number of halogens is 1. The summed E-state index contributed by atoms with van der Waals surface area (Å²) in [6.07, 6.45) is 3.85. The summed E-state index contributed by atoms with van der Waals surface area (Å²) in [6.45, 7) is 10.2. The van der Waals surface area contributed by atoms with E-state index in [9.17, 15) is 0 Å². The zero-order valence-corrected chi connectivity index (χ0v) is 14.8. The SMILES string of the molecule is C=CCNC(=NCCCc1nc(C)cs1)NCC.I. The Hall–Kier alpha value is -0.630. The summed E-state index contributed by atoms with van der Waals surface area (Å²) < 4.78 is 0. The Balaban J connectivity index is 0.00000324. The molecule has 1 rings (SSSR count). The molecule has 19 heavy (non-hydrogen) atoms. The Bertz CT molecular complexity index is 390. The van der Waals surface area contributed by atoms with Gasteiger partial charge in [-0.1, -0.05) is 6.08 Å². The standard InChI is InChI=1S/C13H22N4S.HI/c1-4-8-15-13(14-5-2)16-9-6-7-12-17-11(3)10-18-12;/h4,10H,1,5-9H2,2-3H3,(H2,14,15,16);1H. The van der Waals surface area contributed by atoms with Gasteiger partial charge in [0.15, 0.2) is 5.96 Å². The van der Waals surface area contributed by atoms with Gasteiger partial charge in [-0.15, -0.1) is 41.9 Å². The molecule has 4 nitrogen and oxygen atoms in total. The first-order valence-corrected chi connectivity index (χ1v) is 7.18. The summed E-state index contributed by atoms with van der Waals surface area (Å²) in [7, 11) is 0. The van der Waals surface area contributed by atoms with E-state index in [2.05, 4.69) is 39.5 Å². The van der Waals surface area contributed by atoms with Crippen LogP contribution in [0.1, 0.15) is 24.0 Å². The molecule has 108 valence electrons. The van der Waals surface area contributed by atoms with E-state index in [4.69, 9.17) is 0 Å². The normalized spacial score (nSPS) is 10.7. The Morgan fingerprint density at radius 1 is 1.53 bits per heavy atom. The highest BCUT2D eigenvalue weighted by atomic mass is 127. The van der Waals surface area contributed by atoms with Crippen molar-refractivity contribution in [3.8, 4) is 0 Å². The van der Waals surface area contributed by atoms with Crippen LogP contribution in [0.4, 0.5) is 0 Å². The molecule has 1 aromatic rings. The molecule has 0 amide bonds. The second kappa shape index (κ2) is 11.2. The molecule has 2 N–H and O–H groups in total. The van der Waals surface area contributed by atoms with E-state index in [1.54, 1.807) is 11.3 Å². The number of aryl methyl sites for hydroxylation is 2. The monoisotopic (exact) mass is 394 g/mol. The van der Waals surface area contributed by atoms with Gasteiger partial charge in [-0.05, 0) is 20.3 Å². The van der Waals surface area contributed by atoms with E-state index in [1.807, 2.05) is 13.0 Å². The average Bonchev–Trinajstić information content (AvgIpc) is 2.77. The highest BCUT2D eigenvalue weighted by Gasteiger charge is 1.98. The fraction of sp³-hybridized carbons (Fsp3) is 0.538. The van der Waals surface area contributed by atoms with Crippen LogP contribution in [0.2, 0.25) is 0 Å². The zero-order valence-electron chi connectivity index (χ0n) is 11.6. The second-order valence-electron chi connectivity index (χ2n) is 3.92. The largest absolute Gasteiger partial charge is 0.357 e. The fourth-order valence-electron chi connectivity index (χ4n) is 1.45. The van der Waals surface area contributed by atoms with Crippen molar-refractivity contribution in [1.82, 2.24) is 15.6 Å². The first kappa shape index (κ1) is 18.4. The van der Waals surface area contributed by atoms with Crippen molar-refractivity contribution in [2.75, 3.05) is 19.6 Å². The van der Waals surface area contributed by atoms with Crippen molar-refractivity contribution in [2.24, 2.45) is 4.99 Å². The summed E-state index contributed by atoms with van der Waals surface area (Å²) in [5.41, 5.74) is 1.11. The molecule has 1 heterocycles. The minimum Gasteiger partial charge on any atom is -0.357 e. The molecule has 0 aliphatic rings. The minimum absolute atomic E-state index is 0. The molecular formula is C13H23IN4S. The average molecular weight is 394 g/mol. The van der Waals surface area contributed by atoms with Gasteiger partial charge in [0, 0.05) is 37.1 Å². The lowest BCUT2D eigenvalue weighted by Crippen LogP contribution is -2.37. The predicted octanol–water partition coefficient (Wildman–Crippen LogP) is 2.74. The maximum atomic E-state index is 4.50. The van der Waals surface area contributed by atoms with E-state index in [0.29, 0.717) is 0 Å². The molecule has 0 spiro atoms. The molecule has 0 aromatic carbocycles. The molecule has 0 fully saturated rings. The summed E-state index contributed by atoms with van der Waals surface area (Å²) in [5, 5.41) is 9.67. The molecule has 0 radical (unpaired) electrons. The molecule has 0 atom stereocenters. The first-order chi connectivity index (χ1) is 8.76. The Morgan fingerprint density at radius 3 is 2.89 bits per heavy atom. The highest BCUT2D eigenvalue weighted by Crippen LogP contribution is 2.10. The lowest BCUT2D eigenvalue weighted by Gasteiger charge is -2.08. The van der Waals surface area contributed by atoms with Gasteiger partial charge in [-0.3, -0.25) is 4.99 Å². The van der Waals surface area contributed by atoms with E-state index >= 15 is 0 Å². The number of rotatable bonds is 7. The van der Waals surface area contributed by atoms with Gasteiger partial charge in [-0.2, -0.15) is 0 Å². The zero-order chi connectivity index (χ0) is 13.2.